The van der Waals surface area contributed by atoms with Crippen molar-refractivity contribution in [3.63, 3.8) is 0 Å². The molecule has 4 nitrogen and oxygen atoms in total. The molecule has 0 amide bonds. The first-order chi connectivity index (χ1) is 10.3. The van der Waals surface area contributed by atoms with E-state index in [1.54, 1.807) is 6.07 Å². The number of carbonyl (C=O) groups excluding carboxylic acids is 2. The maximum Gasteiger partial charge on any atom is 0.328 e. The number of benzene rings is 1. The van der Waals surface area contributed by atoms with Gasteiger partial charge in [-0.15, -0.1) is 0 Å². The summed E-state index contributed by atoms with van der Waals surface area (Å²) in [4.78, 5) is 24.2. The lowest BCUT2D eigenvalue weighted by atomic mass is 9.94. The average Bonchev–Trinajstić information content (AvgIpc) is 2.47. The summed E-state index contributed by atoms with van der Waals surface area (Å²) in [6.45, 7) is 5.26. The van der Waals surface area contributed by atoms with Crippen molar-refractivity contribution in [2.24, 2.45) is 5.41 Å². The van der Waals surface area contributed by atoms with Crippen molar-refractivity contribution in [2.45, 2.75) is 40.0 Å². The van der Waals surface area contributed by atoms with Crippen LogP contribution in [0.3, 0.4) is 0 Å². The molecule has 1 aromatic carbocycles. The minimum absolute atomic E-state index is 0.117. The second kappa shape index (κ2) is 8.39. The van der Waals surface area contributed by atoms with Crippen molar-refractivity contribution in [1.29, 1.82) is 0 Å². The molecule has 22 heavy (non-hydrogen) atoms. The summed E-state index contributed by atoms with van der Waals surface area (Å²) in [5.41, 5.74) is -1.42. The first-order valence-corrected chi connectivity index (χ1v) is 7.89. The van der Waals surface area contributed by atoms with E-state index in [9.17, 15) is 9.59 Å². The highest BCUT2D eigenvalue weighted by Crippen LogP contribution is 2.30. The lowest BCUT2D eigenvalue weighted by molar-refractivity contribution is -0.164. The summed E-state index contributed by atoms with van der Waals surface area (Å²) in [5, 5.41) is 0.622. The monoisotopic (exact) mass is 346 g/mol. The molecule has 0 bridgehead atoms. The van der Waals surface area contributed by atoms with E-state index in [0.717, 1.165) is 19.3 Å². The predicted octanol–water partition coefficient (Wildman–Crippen LogP) is 4.66. The van der Waals surface area contributed by atoms with E-state index in [1.165, 1.54) is 26.0 Å². The van der Waals surface area contributed by atoms with Gasteiger partial charge in [0.2, 0.25) is 0 Å². The molecular weight excluding hydrogens is 327 g/mol. The number of hydrogen-bond acceptors (Lipinski definition) is 4. The van der Waals surface area contributed by atoms with Crippen LogP contribution in [0.15, 0.2) is 18.2 Å². The van der Waals surface area contributed by atoms with Crippen LogP contribution in [0.2, 0.25) is 10.0 Å². The van der Waals surface area contributed by atoms with Gasteiger partial charge < -0.3 is 9.47 Å². The Bertz CT molecular complexity index is 541. The summed E-state index contributed by atoms with van der Waals surface area (Å²) in [6, 6.07) is 4.52. The number of carbonyl (C=O) groups is 2. The Labute approximate surface area is 140 Å². The molecule has 0 saturated heterocycles. The smallest absolute Gasteiger partial charge is 0.328 e. The quantitative estimate of drug-likeness (QED) is 0.312. The van der Waals surface area contributed by atoms with Gasteiger partial charge in [0.15, 0.2) is 11.2 Å². The van der Waals surface area contributed by atoms with Gasteiger partial charge in [-0.05, 0) is 32.4 Å². The molecule has 0 fully saturated rings. The van der Waals surface area contributed by atoms with Gasteiger partial charge in [0.25, 0.3) is 0 Å². The topological polar surface area (TPSA) is 52.6 Å². The van der Waals surface area contributed by atoms with Crippen molar-refractivity contribution < 1.29 is 19.1 Å². The molecule has 122 valence electrons. The second-order valence-corrected chi connectivity index (χ2v) is 6.28. The van der Waals surface area contributed by atoms with Gasteiger partial charge in [-0.1, -0.05) is 43.0 Å². The Balaban J connectivity index is 2.69. The maximum absolute atomic E-state index is 12.2. The molecule has 0 N–H and O–H groups in total. The van der Waals surface area contributed by atoms with Crippen molar-refractivity contribution >= 4 is 35.1 Å². The molecule has 0 atom stereocenters. The minimum atomic E-state index is -1.42. The van der Waals surface area contributed by atoms with Gasteiger partial charge in [0.05, 0.1) is 11.6 Å². The molecule has 0 heterocycles. The molecule has 0 unspecified atom stereocenters. The Kier molecular flexibility index (Phi) is 7.17. The zero-order valence-electron chi connectivity index (χ0n) is 12.9. The van der Waals surface area contributed by atoms with Gasteiger partial charge in [-0.3, -0.25) is 9.59 Å². The molecule has 0 radical (unpaired) electrons. The summed E-state index contributed by atoms with van der Waals surface area (Å²) < 4.78 is 10.3. The number of rotatable bonds is 7. The van der Waals surface area contributed by atoms with Crippen molar-refractivity contribution in [3.05, 3.63) is 28.2 Å². The summed E-state index contributed by atoms with van der Waals surface area (Å²) >= 11 is 11.8. The van der Waals surface area contributed by atoms with E-state index >= 15 is 0 Å². The fourth-order valence-corrected chi connectivity index (χ4v) is 1.88. The van der Waals surface area contributed by atoms with Crippen LogP contribution in [0.4, 0.5) is 0 Å². The maximum atomic E-state index is 12.2. The number of ether oxygens (including phenoxy) is 2. The fourth-order valence-electron chi connectivity index (χ4n) is 1.56. The molecule has 6 heteroatoms. The Hall–Kier alpha value is -1.26. The van der Waals surface area contributed by atoms with Crippen LogP contribution in [0.1, 0.15) is 40.0 Å². The molecule has 0 aromatic heterocycles. The largest absolute Gasteiger partial charge is 0.465 e. The number of esters is 2. The van der Waals surface area contributed by atoms with Crippen LogP contribution < -0.4 is 4.74 Å². The van der Waals surface area contributed by atoms with E-state index in [-0.39, 0.29) is 10.8 Å². The van der Waals surface area contributed by atoms with Gasteiger partial charge in [0, 0.05) is 11.1 Å². The molecular formula is C16H20Cl2O4. The van der Waals surface area contributed by atoms with Crippen LogP contribution in [0.5, 0.6) is 5.75 Å². The highest BCUT2D eigenvalue weighted by molar-refractivity contribution is 6.34. The summed E-state index contributed by atoms with van der Waals surface area (Å²) in [6.07, 6.45) is 2.76. The van der Waals surface area contributed by atoms with Crippen LogP contribution in [-0.4, -0.2) is 18.5 Å². The highest BCUT2D eigenvalue weighted by Gasteiger charge is 2.40. The van der Waals surface area contributed by atoms with Gasteiger partial charge >= 0.3 is 11.9 Å². The Morgan fingerprint density at radius 2 is 1.82 bits per heavy atom. The standard InChI is InChI=1S/C16H20Cl2O4/c1-4-5-6-9-21-14(19)16(2,3)15(20)22-13-10-11(17)7-8-12(13)18/h7-8,10H,4-6,9H2,1-3H3. The van der Waals surface area contributed by atoms with Gasteiger partial charge in [0.1, 0.15) is 0 Å². The minimum Gasteiger partial charge on any atom is -0.465 e. The lowest BCUT2D eigenvalue weighted by Crippen LogP contribution is -2.38. The van der Waals surface area contributed by atoms with Crippen molar-refractivity contribution in [1.82, 2.24) is 0 Å². The van der Waals surface area contributed by atoms with Gasteiger partial charge in [-0.25, -0.2) is 0 Å². The second-order valence-electron chi connectivity index (χ2n) is 5.43. The van der Waals surface area contributed by atoms with E-state index in [4.69, 9.17) is 32.7 Å². The Morgan fingerprint density at radius 3 is 2.45 bits per heavy atom. The van der Waals surface area contributed by atoms with Crippen LogP contribution in [0, 0.1) is 5.41 Å². The third-order valence-corrected chi connectivity index (χ3v) is 3.64. The molecule has 0 aliphatic carbocycles. The SMILES string of the molecule is CCCCCOC(=O)C(C)(C)C(=O)Oc1cc(Cl)ccc1Cl. The van der Waals surface area contributed by atoms with Crippen LogP contribution in [-0.2, 0) is 14.3 Å². The number of hydrogen-bond donors (Lipinski definition) is 0. The van der Waals surface area contributed by atoms with E-state index in [0.29, 0.717) is 11.6 Å². The third kappa shape index (κ3) is 5.18. The highest BCUT2D eigenvalue weighted by atomic mass is 35.5. The molecule has 0 aliphatic rings. The predicted molar refractivity (Wildman–Crippen MR) is 86.4 cm³/mol. The summed E-state index contributed by atoms with van der Waals surface area (Å²) in [5.74, 6) is -1.24. The third-order valence-electron chi connectivity index (χ3n) is 3.10. The summed E-state index contributed by atoms with van der Waals surface area (Å²) in [7, 11) is 0. The lowest BCUT2D eigenvalue weighted by Gasteiger charge is -2.21. The zero-order valence-corrected chi connectivity index (χ0v) is 14.5. The van der Waals surface area contributed by atoms with Crippen molar-refractivity contribution in [2.75, 3.05) is 6.61 Å². The van der Waals surface area contributed by atoms with Gasteiger partial charge in [-0.2, -0.15) is 0 Å². The fraction of sp³-hybridized carbons (Fsp3) is 0.500. The first-order valence-electron chi connectivity index (χ1n) is 7.13. The average molecular weight is 347 g/mol. The number of halogens is 2. The molecule has 0 saturated carbocycles. The molecule has 0 aliphatic heterocycles. The number of unbranched alkanes of at least 4 members (excludes halogenated alkanes) is 2. The van der Waals surface area contributed by atoms with E-state index in [2.05, 4.69) is 6.92 Å². The van der Waals surface area contributed by atoms with E-state index in [1.807, 2.05) is 0 Å². The van der Waals surface area contributed by atoms with Crippen LogP contribution >= 0.6 is 23.2 Å². The molecule has 1 aromatic rings. The Morgan fingerprint density at radius 1 is 1.14 bits per heavy atom. The first kappa shape index (κ1) is 18.8. The molecule has 1 rings (SSSR count). The van der Waals surface area contributed by atoms with E-state index < -0.39 is 17.4 Å². The normalized spacial score (nSPS) is 11.1. The molecule has 0 spiro atoms. The van der Waals surface area contributed by atoms with Crippen molar-refractivity contribution in [3.8, 4) is 5.75 Å². The van der Waals surface area contributed by atoms with Crippen LogP contribution in [0.25, 0.3) is 0 Å². The zero-order chi connectivity index (χ0) is 16.8.